The molecule has 1 aliphatic rings. The van der Waals surface area contributed by atoms with Gasteiger partial charge in [0.1, 0.15) is 17.6 Å². The third-order valence-corrected chi connectivity index (χ3v) is 7.15. The fourth-order valence-electron chi connectivity index (χ4n) is 4.45. The Morgan fingerprint density at radius 3 is 2.70 bits per heavy atom. The van der Waals surface area contributed by atoms with Crippen LogP contribution in [-0.2, 0) is 0 Å². The predicted molar refractivity (Wildman–Crippen MR) is 153 cm³/mol. The van der Waals surface area contributed by atoms with Crippen molar-refractivity contribution in [2.24, 2.45) is 0 Å². The molecule has 0 saturated heterocycles. The average molecular weight is 575 g/mol. The Labute approximate surface area is 240 Å². The molecule has 8 nitrogen and oxygen atoms in total. The van der Waals surface area contributed by atoms with Crippen LogP contribution < -0.4 is 15.4 Å². The molecule has 0 aliphatic heterocycles. The fourth-order valence-corrected chi connectivity index (χ4v) is 4.97. The molecule has 40 heavy (non-hydrogen) atoms. The van der Waals surface area contributed by atoms with E-state index in [1.54, 1.807) is 41.2 Å². The first kappa shape index (κ1) is 24.6. The summed E-state index contributed by atoms with van der Waals surface area (Å²) in [5, 5.41) is 26.2. The van der Waals surface area contributed by atoms with E-state index in [0.29, 0.717) is 55.0 Å². The molecule has 1 aliphatic carbocycles. The number of nitriles is 1. The Morgan fingerprint density at radius 2 is 1.98 bits per heavy atom. The van der Waals surface area contributed by atoms with Gasteiger partial charge in [0.05, 0.1) is 59.2 Å². The van der Waals surface area contributed by atoms with Crippen LogP contribution in [0.4, 0.5) is 21.5 Å². The molecule has 0 radical (unpaired) electrons. The van der Waals surface area contributed by atoms with Crippen molar-refractivity contribution in [3.8, 4) is 11.8 Å². The highest BCUT2D eigenvalue weighted by atomic mass is 35.5. The molecule has 2 aromatic heterocycles. The Bertz CT molecular complexity index is 1820. The maximum atomic E-state index is 13.8. The van der Waals surface area contributed by atoms with E-state index in [1.807, 2.05) is 0 Å². The molecule has 5 aromatic rings. The number of benzene rings is 3. The molecule has 0 amide bonds. The van der Waals surface area contributed by atoms with Gasteiger partial charge in [0.25, 0.3) is 0 Å². The summed E-state index contributed by atoms with van der Waals surface area (Å²) in [5.74, 6) is -0.0163. The number of fused-ring (bicyclic) bond motifs is 1. The molecule has 200 valence electrons. The quantitative estimate of drug-likeness (QED) is 0.198. The maximum absolute atomic E-state index is 13.8. The Morgan fingerprint density at radius 1 is 1.18 bits per heavy atom. The van der Waals surface area contributed by atoms with E-state index < -0.39 is 11.8 Å². The van der Waals surface area contributed by atoms with Crippen molar-refractivity contribution < 1.29 is 10.5 Å². The molecular weight excluding hydrogens is 552 g/mol. The van der Waals surface area contributed by atoms with Gasteiger partial charge in [0.2, 0.25) is 0 Å². The molecule has 2 heterocycles. The van der Waals surface area contributed by atoms with Crippen LogP contribution in [0, 0.1) is 17.1 Å². The predicted octanol–water partition coefficient (Wildman–Crippen LogP) is 7.43. The van der Waals surface area contributed by atoms with E-state index in [4.69, 9.17) is 27.9 Å². The van der Waals surface area contributed by atoms with Crippen molar-refractivity contribution in [3.63, 3.8) is 0 Å². The average Bonchev–Trinajstić information content (AvgIpc) is 3.69. The summed E-state index contributed by atoms with van der Waals surface area (Å²) in [7, 11) is 1.50. The number of ether oxygens (including phenoxy) is 1. The monoisotopic (exact) mass is 574 g/mol. The molecule has 1 unspecified atom stereocenters. The highest BCUT2D eigenvalue weighted by Gasteiger charge is 2.27. The van der Waals surface area contributed by atoms with Crippen molar-refractivity contribution in [2.45, 2.75) is 24.9 Å². The van der Waals surface area contributed by atoms with Crippen LogP contribution in [0.15, 0.2) is 67.0 Å². The largest absolute Gasteiger partial charge is 0.493 e. The van der Waals surface area contributed by atoms with Crippen LogP contribution in [0.2, 0.25) is 10.0 Å². The highest BCUT2D eigenvalue weighted by Crippen LogP contribution is 2.40. The first-order valence-corrected chi connectivity index (χ1v) is 13.1. The topological polar surface area (TPSA) is 101 Å². The van der Waals surface area contributed by atoms with E-state index >= 15 is 0 Å². The van der Waals surface area contributed by atoms with Crippen molar-refractivity contribution >= 4 is 51.2 Å². The van der Waals surface area contributed by atoms with Gasteiger partial charge in [-0.15, -0.1) is 5.10 Å². The lowest BCUT2D eigenvalue weighted by molar-refractivity contribution is 0.417. The lowest BCUT2D eigenvalue weighted by Crippen LogP contribution is -2.13. The highest BCUT2D eigenvalue weighted by molar-refractivity contribution is 6.36. The second-order valence-corrected chi connectivity index (χ2v) is 10.1. The molecule has 0 bridgehead atoms. The molecule has 2 N–H and O–H groups in total. The molecule has 1 fully saturated rings. The van der Waals surface area contributed by atoms with Crippen molar-refractivity contribution in [2.75, 3.05) is 17.7 Å². The third-order valence-electron chi connectivity index (χ3n) is 6.57. The number of nitrogens with one attached hydrogen (secondary N) is 2. The molecule has 6 rings (SSSR count). The number of pyridine rings is 1. The normalized spacial score (nSPS) is 14.7. The van der Waals surface area contributed by atoms with Gasteiger partial charge in [0, 0.05) is 17.3 Å². The zero-order chi connectivity index (χ0) is 28.7. The Balaban J connectivity index is 1.48. The number of hydrogen-bond donors (Lipinski definition) is 2. The van der Waals surface area contributed by atoms with Crippen molar-refractivity contribution in [1.82, 2.24) is 20.0 Å². The van der Waals surface area contributed by atoms with Crippen LogP contribution in [0.1, 0.15) is 43.1 Å². The second-order valence-electron chi connectivity index (χ2n) is 9.28. The van der Waals surface area contributed by atoms with E-state index in [2.05, 4.69) is 32.0 Å². The number of methoxy groups -OCH3 is 1. The van der Waals surface area contributed by atoms with E-state index in [-0.39, 0.29) is 11.6 Å². The summed E-state index contributed by atoms with van der Waals surface area (Å²) in [6, 6.07) is 15.0. The summed E-state index contributed by atoms with van der Waals surface area (Å²) in [6.07, 6.45) is 5.17. The third kappa shape index (κ3) is 4.99. The summed E-state index contributed by atoms with van der Waals surface area (Å²) in [5.41, 5.74) is 2.90. The van der Waals surface area contributed by atoms with Gasteiger partial charge in [-0.3, -0.25) is 4.98 Å². The summed E-state index contributed by atoms with van der Waals surface area (Å²) in [6.45, 7) is 0. The van der Waals surface area contributed by atoms with Crippen LogP contribution >= 0.6 is 23.2 Å². The van der Waals surface area contributed by atoms with Crippen LogP contribution in [0.5, 0.6) is 5.75 Å². The number of para-hydroxylation sites is 1. The number of hydrogen-bond acceptors (Lipinski definition) is 7. The number of aromatic nitrogens is 4. The zero-order valence-corrected chi connectivity index (χ0v) is 22.6. The zero-order valence-electron chi connectivity index (χ0n) is 22.1. The fraction of sp³-hybridized carbons (Fsp3) is 0.172. The van der Waals surface area contributed by atoms with Crippen LogP contribution in [-0.4, -0.2) is 27.1 Å². The standard InChI is InChI=1S/C29H22Cl2FN7O/c1-40-29-22(30)3-2-4-24(29)36-26-17(13-33)14-34-28-21(26)11-19(12-23(28)31)35-27(16-5-7-18(32)8-6-16)25-15-39(38-37-25)20-9-10-20/h2-8,11-12,14-15,20,27,35H,9-10H2,1H3,(H,34,36)/i27D. The van der Waals surface area contributed by atoms with E-state index in [1.165, 1.54) is 37.6 Å². The lowest BCUT2D eigenvalue weighted by atomic mass is 10.0. The first-order chi connectivity index (χ1) is 19.8. The lowest BCUT2D eigenvalue weighted by Gasteiger charge is -2.20. The van der Waals surface area contributed by atoms with Crippen molar-refractivity contribution in [3.05, 3.63) is 99.7 Å². The van der Waals surface area contributed by atoms with Gasteiger partial charge in [0.15, 0.2) is 5.75 Å². The van der Waals surface area contributed by atoms with Crippen LogP contribution in [0.25, 0.3) is 10.9 Å². The maximum Gasteiger partial charge on any atom is 0.160 e. The van der Waals surface area contributed by atoms with Gasteiger partial charge >= 0.3 is 0 Å². The Kier molecular flexibility index (Phi) is 6.55. The van der Waals surface area contributed by atoms with Gasteiger partial charge < -0.3 is 15.4 Å². The van der Waals surface area contributed by atoms with Crippen molar-refractivity contribution in [1.29, 1.82) is 5.26 Å². The second kappa shape index (κ2) is 10.6. The summed E-state index contributed by atoms with van der Waals surface area (Å²) in [4.78, 5) is 4.41. The number of anilines is 3. The molecule has 3 aromatic carbocycles. The minimum Gasteiger partial charge on any atom is -0.493 e. The van der Waals surface area contributed by atoms with E-state index in [0.717, 1.165) is 12.8 Å². The van der Waals surface area contributed by atoms with Gasteiger partial charge in [-0.2, -0.15) is 5.26 Å². The van der Waals surface area contributed by atoms with Crippen LogP contribution in [0.3, 0.4) is 0 Å². The van der Waals surface area contributed by atoms with Gasteiger partial charge in [-0.25, -0.2) is 9.07 Å². The SMILES string of the molecule is [2H]C(Nc1cc(Cl)c2ncc(C#N)c(Nc3cccc(Cl)c3OC)c2c1)(c1ccc(F)cc1)c1cn(C2CC2)nn1. The molecule has 1 saturated carbocycles. The van der Waals surface area contributed by atoms with E-state index in [9.17, 15) is 11.0 Å². The molecule has 0 spiro atoms. The minimum absolute atomic E-state index is 0.260. The smallest absolute Gasteiger partial charge is 0.160 e. The van der Waals surface area contributed by atoms with Gasteiger partial charge in [-0.1, -0.05) is 46.6 Å². The number of rotatable bonds is 8. The van der Waals surface area contributed by atoms with Gasteiger partial charge in [-0.05, 0) is 54.8 Å². The minimum atomic E-state index is -1.65. The Hall–Kier alpha value is -4.39. The molecule has 1 atom stereocenters. The molecule has 11 heteroatoms. The number of nitrogens with zero attached hydrogens (tertiary/aromatic N) is 5. The number of halogens is 3. The summed E-state index contributed by atoms with van der Waals surface area (Å²) >= 11 is 13.0. The first-order valence-electron chi connectivity index (χ1n) is 12.9. The summed E-state index contributed by atoms with van der Waals surface area (Å²) < 4.78 is 30.6. The molecular formula is C29H22Cl2FN7O.